The lowest BCUT2D eigenvalue weighted by atomic mass is 10.0. The molecule has 1 aromatic carbocycles. The van der Waals surface area contributed by atoms with E-state index in [1.807, 2.05) is 18.2 Å². The van der Waals surface area contributed by atoms with Gasteiger partial charge < -0.3 is 4.84 Å². The Labute approximate surface area is 111 Å². The van der Waals surface area contributed by atoms with Gasteiger partial charge in [0.2, 0.25) is 0 Å². The third kappa shape index (κ3) is 3.84. The van der Waals surface area contributed by atoms with E-state index >= 15 is 0 Å². The Morgan fingerprint density at radius 3 is 2.68 bits per heavy atom. The van der Waals surface area contributed by atoms with Crippen LogP contribution in [-0.2, 0) is 9.63 Å². The number of carbonyl (C=O) groups excluding carboxylic acids is 2. The highest BCUT2D eigenvalue weighted by Crippen LogP contribution is 2.18. The van der Waals surface area contributed by atoms with Crippen molar-refractivity contribution in [2.24, 2.45) is 0 Å². The average Bonchev–Trinajstić information content (AvgIpc) is 2.39. The Morgan fingerprint density at radius 1 is 1.26 bits per heavy atom. The van der Waals surface area contributed by atoms with E-state index in [4.69, 9.17) is 4.84 Å². The maximum Gasteiger partial charge on any atom is 0.436 e. The van der Waals surface area contributed by atoms with Gasteiger partial charge in [0.25, 0.3) is 0 Å². The van der Waals surface area contributed by atoms with Gasteiger partial charge in [0.1, 0.15) is 0 Å². The monoisotopic (exact) mass is 260 g/mol. The van der Waals surface area contributed by atoms with Crippen molar-refractivity contribution in [3.05, 3.63) is 42.1 Å². The smallest absolute Gasteiger partial charge is 0.322 e. The molecule has 0 saturated carbocycles. The number of nitrogens with one attached hydrogen (secondary N) is 1. The summed E-state index contributed by atoms with van der Waals surface area (Å²) in [7, 11) is 1.62. The number of hydroxylamine groups is 2. The van der Waals surface area contributed by atoms with Gasteiger partial charge in [-0.25, -0.2) is 9.86 Å². The maximum atomic E-state index is 11.7. The lowest BCUT2D eigenvalue weighted by Gasteiger charge is -2.23. The van der Waals surface area contributed by atoms with Gasteiger partial charge in [-0.1, -0.05) is 18.2 Å². The van der Waals surface area contributed by atoms with E-state index < -0.39 is 6.09 Å². The van der Waals surface area contributed by atoms with Gasteiger partial charge in [-0.05, 0) is 25.0 Å². The Bertz CT molecular complexity index is 497. The first-order valence-corrected chi connectivity index (χ1v) is 6.16. The van der Waals surface area contributed by atoms with Gasteiger partial charge in [-0.15, -0.1) is 0 Å². The molecule has 19 heavy (non-hydrogen) atoms. The quantitative estimate of drug-likeness (QED) is 0.849. The number of para-hydroxylation sites is 1. The Morgan fingerprint density at radius 2 is 2.00 bits per heavy atom. The number of benzene rings is 1. The summed E-state index contributed by atoms with van der Waals surface area (Å²) in [6.07, 6.45) is 3.04. The van der Waals surface area contributed by atoms with E-state index in [1.165, 1.54) is 11.1 Å². The molecule has 1 aliphatic rings. The second kappa shape index (κ2) is 6.04. The molecule has 1 N–H and O–H groups in total. The molecule has 5 heteroatoms. The predicted octanol–water partition coefficient (Wildman–Crippen LogP) is 2.72. The number of hydrogen-bond acceptors (Lipinski definition) is 4. The molecule has 0 radical (unpaired) electrons. The summed E-state index contributed by atoms with van der Waals surface area (Å²) in [6.45, 7) is 0. The van der Waals surface area contributed by atoms with Crippen LogP contribution in [0.3, 0.4) is 0 Å². The number of amides is 1. The van der Waals surface area contributed by atoms with Crippen LogP contribution >= 0.6 is 0 Å². The highest BCUT2D eigenvalue weighted by atomic mass is 16.7. The molecule has 0 bridgehead atoms. The third-order valence-corrected chi connectivity index (χ3v) is 2.83. The third-order valence-electron chi connectivity index (χ3n) is 2.83. The molecule has 1 aliphatic carbocycles. The number of allylic oxidation sites excluding steroid dienone is 2. The number of nitrogens with zero attached hydrogens (tertiary/aromatic N) is 1. The number of carbonyl (C=O) groups is 2. The van der Waals surface area contributed by atoms with Crippen LogP contribution in [0, 0.1) is 0 Å². The molecule has 2 rings (SSSR count). The summed E-state index contributed by atoms with van der Waals surface area (Å²) < 4.78 is 0. The number of ketones is 1. The zero-order chi connectivity index (χ0) is 13.7. The van der Waals surface area contributed by atoms with E-state index in [-0.39, 0.29) is 5.78 Å². The highest BCUT2D eigenvalue weighted by molar-refractivity contribution is 5.91. The number of rotatable bonds is 3. The predicted molar refractivity (Wildman–Crippen MR) is 71.2 cm³/mol. The topological polar surface area (TPSA) is 58.6 Å². The molecular weight excluding hydrogens is 244 g/mol. The van der Waals surface area contributed by atoms with Crippen LogP contribution < -0.4 is 5.32 Å². The van der Waals surface area contributed by atoms with Gasteiger partial charge in [0, 0.05) is 25.2 Å². The van der Waals surface area contributed by atoms with Crippen LogP contribution in [0.2, 0.25) is 0 Å². The number of anilines is 1. The summed E-state index contributed by atoms with van der Waals surface area (Å²) in [6, 6.07) is 9.04. The Kier molecular flexibility index (Phi) is 4.18. The van der Waals surface area contributed by atoms with Crippen molar-refractivity contribution in [1.29, 1.82) is 0 Å². The van der Waals surface area contributed by atoms with Crippen molar-refractivity contribution in [2.75, 3.05) is 12.4 Å². The zero-order valence-electron chi connectivity index (χ0n) is 10.8. The fraction of sp³-hybridized carbons (Fsp3) is 0.286. The molecule has 0 atom stereocenters. The molecule has 0 unspecified atom stereocenters. The van der Waals surface area contributed by atoms with E-state index in [0.717, 1.165) is 18.5 Å². The molecule has 0 heterocycles. The summed E-state index contributed by atoms with van der Waals surface area (Å²) in [5, 5.41) is 3.95. The fourth-order valence-corrected chi connectivity index (χ4v) is 1.87. The first kappa shape index (κ1) is 13.1. The molecule has 1 aromatic rings. The zero-order valence-corrected chi connectivity index (χ0v) is 10.8. The molecule has 100 valence electrons. The van der Waals surface area contributed by atoms with Crippen LogP contribution in [-0.4, -0.2) is 24.0 Å². The normalized spacial score (nSPS) is 14.6. The summed E-state index contributed by atoms with van der Waals surface area (Å²) in [5.41, 5.74) is 1.38. The van der Waals surface area contributed by atoms with E-state index in [2.05, 4.69) is 5.32 Å². The van der Waals surface area contributed by atoms with Crippen LogP contribution in [0.15, 0.2) is 42.1 Å². The van der Waals surface area contributed by atoms with Crippen molar-refractivity contribution in [3.63, 3.8) is 0 Å². The summed E-state index contributed by atoms with van der Waals surface area (Å²) >= 11 is 0. The first-order valence-electron chi connectivity index (χ1n) is 6.16. The van der Waals surface area contributed by atoms with E-state index in [1.54, 1.807) is 19.2 Å². The van der Waals surface area contributed by atoms with Gasteiger partial charge >= 0.3 is 6.09 Å². The molecule has 0 fully saturated rings. The van der Waals surface area contributed by atoms with E-state index in [9.17, 15) is 9.59 Å². The molecule has 0 aliphatic heterocycles. The van der Waals surface area contributed by atoms with Crippen molar-refractivity contribution >= 4 is 17.6 Å². The van der Waals surface area contributed by atoms with Gasteiger partial charge in [0.05, 0.1) is 5.70 Å². The van der Waals surface area contributed by atoms with Crippen molar-refractivity contribution in [1.82, 2.24) is 5.06 Å². The summed E-state index contributed by atoms with van der Waals surface area (Å²) in [4.78, 5) is 28.1. The van der Waals surface area contributed by atoms with Crippen molar-refractivity contribution in [2.45, 2.75) is 19.3 Å². The molecule has 5 nitrogen and oxygen atoms in total. The Balaban J connectivity index is 1.90. The lowest BCUT2D eigenvalue weighted by Crippen LogP contribution is -2.27. The van der Waals surface area contributed by atoms with Crippen LogP contribution in [0.25, 0.3) is 0 Å². The van der Waals surface area contributed by atoms with Gasteiger partial charge in [-0.2, -0.15) is 0 Å². The average molecular weight is 260 g/mol. The lowest BCUT2D eigenvalue weighted by molar-refractivity contribution is -0.116. The minimum atomic E-state index is -0.576. The Hall–Kier alpha value is -2.30. The second-order valence-electron chi connectivity index (χ2n) is 4.32. The minimum absolute atomic E-state index is 0.0696. The SMILES string of the molecule is CN(OC(=O)Nc1ccccc1)C1=CC(=O)CCC1. The molecule has 0 aromatic heterocycles. The van der Waals surface area contributed by atoms with Crippen LogP contribution in [0.4, 0.5) is 10.5 Å². The molecule has 1 amide bonds. The van der Waals surface area contributed by atoms with Crippen molar-refractivity contribution < 1.29 is 14.4 Å². The van der Waals surface area contributed by atoms with Gasteiger partial charge in [-0.3, -0.25) is 10.1 Å². The van der Waals surface area contributed by atoms with E-state index in [0.29, 0.717) is 12.1 Å². The second-order valence-corrected chi connectivity index (χ2v) is 4.32. The molecular formula is C14H16N2O3. The van der Waals surface area contributed by atoms with Crippen LogP contribution in [0.5, 0.6) is 0 Å². The maximum absolute atomic E-state index is 11.7. The van der Waals surface area contributed by atoms with Gasteiger partial charge in [0.15, 0.2) is 5.78 Å². The number of hydrogen-bond donors (Lipinski definition) is 1. The molecule has 0 spiro atoms. The van der Waals surface area contributed by atoms with Crippen molar-refractivity contribution in [3.8, 4) is 0 Å². The minimum Gasteiger partial charge on any atom is -0.322 e. The standard InChI is InChI=1S/C14H16N2O3/c1-16(12-8-5-9-13(17)10-12)19-14(18)15-11-6-3-2-4-7-11/h2-4,6-7,10H,5,8-9H2,1H3,(H,15,18). The van der Waals surface area contributed by atoms with Crippen LogP contribution in [0.1, 0.15) is 19.3 Å². The summed E-state index contributed by atoms with van der Waals surface area (Å²) in [5.74, 6) is 0.0696. The molecule has 0 saturated heterocycles. The fourth-order valence-electron chi connectivity index (χ4n) is 1.87. The largest absolute Gasteiger partial charge is 0.436 e. The first-order chi connectivity index (χ1) is 9.15. The highest BCUT2D eigenvalue weighted by Gasteiger charge is 2.16.